The van der Waals surface area contributed by atoms with Gasteiger partial charge in [-0.2, -0.15) is 0 Å². The van der Waals surface area contributed by atoms with Crippen molar-refractivity contribution in [2.24, 2.45) is 5.41 Å². The van der Waals surface area contributed by atoms with Crippen LogP contribution in [-0.2, 0) is 0 Å². The van der Waals surface area contributed by atoms with Crippen LogP contribution >= 0.6 is 0 Å². The molecule has 0 aromatic heterocycles. The van der Waals surface area contributed by atoms with E-state index in [0.717, 1.165) is 6.04 Å². The number of rotatable bonds is 7. The predicted octanol–water partition coefficient (Wildman–Crippen LogP) is 3.67. The van der Waals surface area contributed by atoms with Crippen LogP contribution in [0, 0.1) is 5.41 Å². The van der Waals surface area contributed by atoms with Crippen LogP contribution in [0.2, 0.25) is 0 Å². The van der Waals surface area contributed by atoms with Gasteiger partial charge in [0.2, 0.25) is 0 Å². The molecule has 1 saturated carbocycles. The van der Waals surface area contributed by atoms with Crippen molar-refractivity contribution in [2.75, 3.05) is 20.1 Å². The summed E-state index contributed by atoms with van der Waals surface area (Å²) >= 11 is 0. The fraction of sp³-hybridized carbons (Fsp3) is 1.00. The van der Waals surface area contributed by atoms with Crippen molar-refractivity contribution < 1.29 is 0 Å². The van der Waals surface area contributed by atoms with Gasteiger partial charge in [-0.25, -0.2) is 0 Å². The molecule has 2 nitrogen and oxygen atoms in total. The third-order valence-electron chi connectivity index (χ3n) is 4.42. The Balaban J connectivity index is 2.08. The van der Waals surface area contributed by atoms with E-state index in [2.05, 4.69) is 45.0 Å². The quantitative estimate of drug-likeness (QED) is 0.697. The summed E-state index contributed by atoms with van der Waals surface area (Å²) in [6, 6.07) is 1.47. The Morgan fingerprint density at radius 2 is 1.78 bits per heavy atom. The van der Waals surface area contributed by atoms with Gasteiger partial charge in [-0.3, -0.25) is 0 Å². The maximum atomic E-state index is 3.49. The molecule has 0 heterocycles. The lowest BCUT2D eigenvalue weighted by Crippen LogP contribution is -2.37. The lowest BCUT2D eigenvalue weighted by molar-refractivity contribution is 0.126. The van der Waals surface area contributed by atoms with Crippen LogP contribution in [0.3, 0.4) is 0 Å². The summed E-state index contributed by atoms with van der Waals surface area (Å²) in [5.41, 5.74) is 0.596. The Morgan fingerprint density at radius 3 is 2.33 bits per heavy atom. The van der Waals surface area contributed by atoms with Crippen LogP contribution in [0.5, 0.6) is 0 Å². The molecule has 1 rings (SSSR count). The van der Waals surface area contributed by atoms with Crippen molar-refractivity contribution in [2.45, 2.75) is 78.3 Å². The van der Waals surface area contributed by atoms with Crippen LogP contribution < -0.4 is 5.32 Å². The van der Waals surface area contributed by atoms with Crippen LogP contribution in [0.4, 0.5) is 0 Å². The smallest absolute Gasteiger partial charge is 0.00926 e. The molecule has 0 aromatic rings. The molecule has 0 spiro atoms. The fourth-order valence-electron chi connectivity index (χ4n) is 2.88. The van der Waals surface area contributed by atoms with E-state index in [1.807, 2.05) is 0 Å². The molecular weight excluding hydrogens is 220 g/mol. The molecule has 0 bridgehead atoms. The molecule has 0 aliphatic heterocycles. The highest BCUT2D eigenvalue weighted by Crippen LogP contribution is 2.36. The molecule has 2 heteroatoms. The summed E-state index contributed by atoms with van der Waals surface area (Å²) in [4.78, 5) is 2.60. The van der Waals surface area contributed by atoms with Crippen molar-refractivity contribution in [3.8, 4) is 0 Å². The average molecular weight is 254 g/mol. The number of hydrogen-bond acceptors (Lipinski definition) is 2. The highest BCUT2D eigenvalue weighted by molar-refractivity contribution is 4.82. The molecule has 1 aliphatic carbocycles. The second-order valence-electron chi connectivity index (χ2n) is 7.19. The minimum Gasteiger partial charge on any atom is -0.315 e. The van der Waals surface area contributed by atoms with Crippen LogP contribution in [0.1, 0.15) is 66.2 Å². The van der Waals surface area contributed by atoms with Crippen molar-refractivity contribution in [1.82, 2.24) is 10.2 Å². The van der Waals surface area contributed by atoms with Gasteiger partial charge in [0, 0.05) is 12.1 Å². The predicted molar refractivity (Wildman–Crippen MR) is 81.0 cm³/mol. The van der Waals surface area contributed by atoms with E-state index in [1.54, 1.807) is 0 Å². The van der Waals surface area contributed by atoms with Gasteiger partial charge in [0.1, 0.15) is 0 Å². The topological polar surface area (TPSA) is 15.3 Å². The third-order valence-corrected chi connectivity index (χ3v) is 4.42. The highest BCUT2D eigenvalue weighted by Gasteiger charge is 2.28. The second-order valence-corrected chi connectivity index (χ2v) is 7.19. The van der Waals surface area contributed by atoms with Gasteiger partial charge in [0.15, 0.2) is 0 Å². The third kappa shape index (κ3) is 6.19. The summed E-state index contributed by atoms with van der Waals surface area (Å²) in [6.45, 7) is 11.7. The van der Waals surface area contributed by atoms with E-state index >= 15 is 0 Å². The minimum atomic E-state index is 0.596. The van der Waals surface area contributed by atoms with E-state index < -0.39 is 0 Å². The number of unbranched alkanes of at least 4 members (excludes halogenated alkanes) is 1. The van der Waals surface area contributed by atoms with Gasteiger partial charge in [-0.15, -0.1) is 0 Å². The van der Waals surface area contributed by atoms with Crippen molar-refractivity contribution in [3.05, 3.63) is 0 Å². The monoisotopic (exact) mass is 254 g/mol. The van der Waals surface area contributed by atoms with Crippen molar-refractivity contribution in [1.29, 1.82) is 0 Å². The van der Waals surface area contributed by atoms with Gasteiger partial charge < -0.3 is 10.2 Å². The van der Waals surface area contributed by atoms with Gasteiger partial charge in [-0.05, 0) is 64.1 Å². The Morgan fingerprint density at radius 1 is 1.17 bits per heavy atom. The molecule has 0 unspecified atom stereocenters. The summed E-state index contributed by atoms with van der Waals surface area (Å²) < 4.78 is 0. The average Bonchev–Trinajstić information content (AvgIpc) is 2.27. The summed E-state index contributed by atoms with van der Waals surface area (Å²) in [5, 5.41) is 3.49. The maximum absolute atomic E-state index is 3.49. The Hall–Kier alpha value is -0.0800. The zero-order valence-corrected chi connectivity index (χ0v) is 13.3. The first-order valence-corrected chi connectivity index (χ1v) is 7.84. The van der Waals surface area contributed by atoms with Crippen LogP contribution in [0.25, 0.3) is 0 Å². The lowest BCUT2D eigenvalue weighted by atomic mass is 9.75. The molecule has 0 radical (unpaired) electrons. The Labute approximate surface area is 115 Å². The van der Waals surface area contributed by atoms with Crippen molar-refractivity contribution >= 4 is 0 Å². The molecule has 0 aromatic carbocycles. The minimum absolute atomic E-state index is 0.596. The largest absolute Gasteiger partial charge is 0.315 e. The van der Waals surface area contributed by atoms with E-state index in [9.17, 15) is 0 Å². The fourth-order valence-corrected chi connectivity index (χ4v) is 2.88. The lowest BCUT2D eigenvalue weighted by Gasteiger charge is -2.38. The number of nitrogens with one attached hydrogen (secondary N) is 1. The zero-order chi connectivity index (χ0) is 13.6. The Kier molecular flexibility index (Phi) is 6.65. The van der Waals surface area contributed by atoms with Gasteiger partial charge in [0.05, 0.1) is 0 Å². The van der Waals surface area contributed by atoms with Crippen molar-refractivity contribution in [3.63, 3.8) is 0 Å². The molecular formula is C16H34N2. The van der Waals surface area contributed by atoms with Crippen LogP contribution in [-0.4, -0.2) is 37.1 Å². The van der Waals surface area contributed by atoms with Crippen LogP contribution in [0.15, 0.2) is 0 Å². The molecule has 1 N–H and O–H groups in total. The normalized spacial score (nSPS) is 20.8. The summed E-state index contributed by atoms with van der Waals surface area (Å²) in [7, 11) is 2.32. The molecule has 0 amide bonds. The molecule has 108 valence electrons. The molecule has 1 aliphatic rings. The first-order chi connectivity index (χ1) is 8.41. The zero-order valence-electron chi connectivity index (χ0n) is 13.3. The molecule has 1 fully saturated rings. The number of hydrogen-bond donors (Lipinski definition) is 1. The second kappa shape index (κ2) is 7.49. The van der Waals surface area contributed by atoms with E-state index in [1.165, 1.54) is 51.6 Å². The Bertz CT molecular complexity index is 213. The van der Waals surface area contributed by atoms with E-state index in [0.29, 0.717) is 11.5 Å². The van der Waals surface area contributed by atoms with E-state index in [4.69, 9.17) is 0 Å². The first kappa shape index (κ1) is 16.0. The molecule has 18 heavy (non-hydrogen) atoms. The summed E-state index contributed by atoms with van der Waals surface area (Å²) in [5.74, 6) is 0. The summed E-state index contributed by atoms with van der Waals surface area (Å²) in [6.07, 6.45) is 8.23. The highest BCUT2D eigenvalue weighted by atomic mass is 15.1. The standard InChI is InChI=1S/C16H34N2/c1-14(2)17-12-6-7-13-18(5)15-8-10-16(3,4)11-9-15/h14-15,17H,6-13H2,1-5H3. The first-order valence-electron chi connectivity index (χ1n) is 7.84. The van der Waals surface area contributed by atoms with Gasteiger partial charge in [0.25, 0.3) is 0 Å². The van der Waals surface area contributed by atoms with Gasteiger partial charge in [-0.1, -0.05) is 27.7 Å². The molecule has 0 saturated heterocycles. The molecule has 0 atom stereocenters. The SMILES string of the molecule is CC(C)NCCCCN(C)C1CCC(C)(C)CC1. The van der Waals surface area contributed by atoms with E-state index in [-0.39, 0.29) is 0 Å². The number of nitrogens with zero attached hydrogens (tertiary/aromatic N) is 1. The van der Waals surface area contributed by atoms with Gasteiger partial charge >= 0.3 is 0 Å². The maximum Gasteiger partial charge on any atom is 0.00926 e.